The summed E-state index contributed by atoms with van der Waals surface area (Å²) in [6.45, 7) is 2.26. The minimum Gasteiger partial charge on any atom is -0.366 e. The number of hydrogen-bond donors (Lipinski definition) is 3. The standard InChI is InChI=1S/C24H21Cl2N7O3/c1-2-33-22(35)18(30-23(36)31-20-16(25)11-29-12-17(20)26)10-19(32-33)24(7-4-8-28-13-24)15-6-3-5-14(9-15)21(27)34/h3-12H,2,13H2,1H3,(H2,27,34)(H2,29,30,31,36). The second-order valence-electron chi connectivity index (χ2n) is 7.89. The van der Waals surface area contributed by atoms with Crippen molar-refractivity contribution in [2.75, 3.05) is 17.2 Å². The summed E-state index contributed by atoms with van der Waals surface area (Å²) in [6, 6.07) is 7.59. The van der Waals surface area contributed by atoms with Gasteiger partial charge in [0.05, 0.1) is 33.4 Å². The summed E-state index contributed by atoms with van der Waals surface area (Å²) in [4.78, 5) is 45.9. The van der Waals surface area contributed by atoms with E-state index in [0.29, 0.717) is 16.8 Å². The Balaban J connectivity index is 1.78. The Morgan fingerprint density at radius 1 is 1.17 bits per heavy atom. The molecular weight excluding hydrogens is 505 g/mol. The van der Waals surface area contributed by atoms with Gasteiger partial charge < -0.3 is 16.4 Å². The number of halogens is 2. The average molecular weight is 526 g/mol. The van der Waals surface area contributed by atoms with Gasteiger partial charge in [0, 0.05) is 30.7 Å². The van der Waals surface area contributed by atoms with E-state index >= 15 is 0 Å². The second-order valence-corrected chi connectivity index (χ2v) is 8.70. The van der Waals surface area contributed by atoms with Crippen molar-refractivity contribution in [1.82, 2.24) is 14.8 Å². The molecule has 1 unspecified atom stereocenters. The molecule has 0 spiro atoms. The molecule has 1 aromatic carbocycles. The number of hydrogen-bond acceptors (Lipinski definition) is 6. The van der Waals surface area contributed by atoms with Crippen molar-refractivity contribution < 1.29 is 9.59 Å². The monoisotopic (exact) mass is 525 g/mol. The predicted octanol–water partition coefficient (Wildman–Crippen LogP) is 3.63. The highest BCUT2D eigenvalue weighted by Gasteiger charge is 2.36. The Morgan fingerprint density at radius 2 is 1.92 bits per heavy atom. The van der Waals surface area contributed by atoms with E-state index in [1.807, 2.05) is 12.1 Å². The molecule has 1 atom stereocenters. The number of nitrogens with zero attached hydrogens (tertiary/aromatic N) is 4. The minimum atomic E-state index is -0.921. The molecule has 0 saturated carbocycles. The van der Waals surface area contributed by atoms with Crippen LogP contribution in [0.4, 0.5) is 16.2 Å². The lowest BCUT2D eigenvalue weighted by atomic mass is 9.75. The Morgan fingerprint density at radius 3 is 2.56 bits per heavy atom. The van der Waals surface area contributed by atoms with Gasteiger partial charge in [-0.3, -0.25) is 19.6 Å². The van der Waals surface area contributed by atoms with E-state index in [-0.39, 0.29) is 34.5 Å². The zero-order chi connectivity index (χ0) is 25.9. The third kappa shape index (κ3) is 4.86. The van der Waals surface area contributed by atoms with Crippen molar-refractivity contribution in [3.63, 3.8) is 0 Å². The Hall–Kier alpha value is -4.02. The normalized spacial score (nSPS) is 16.5. The van der Waals surface area contributed by atoms with Gasteiger partial charge in [-0.25, -0.2) is 9.48 Å². The third-order valence-corrected chi connectivity index (χ3v) is 6.22. The second kappa shape index (κ2) is 10.3. The molecule has 12 heteroatoms. The Kier molecular flexibility index (Phi) is 7.18. The SMILES string of the molecule is CCn1nc(C2(c3cccc(C(N)=O)c3)C=CC=NC2)cc(NC(=O)Nc2c(Cl)cncc2Cl)c1=O. The van der Waals surface area contributed by atoms with Crippen LogP contribution in [0.25, 0.3) is 0 Å². The maximum absolute atomic E-state index is 13.0. The van der Waals surface area contributed by atoms with Crippen LogP contribution in [-0.4, -0.2) is 39.5 Å². The summed E-state index contributed by atoms with van der Waals surface area (Å²) in [5, 5.41) is 9.94. The van der Waals surface area contributed by atoms with Crippen LogP contribution in [0.1, 0.15) is 28.5 Å². The number of carbonyl (C=O) groups is 2. The van der Waals surface area contributed by atoms with Crippen LogP contribution in [0.2, 0.25) is 10.0 Å². The number of allylic oxidation sites excluding steroid dienone is 1. The van der Waals surface area contributed by atoms with E-state index in [2.05, 4.69) is 25.7 Å². The predicted molar refractivity (Wildman–Crippen MR) is 139 cm³/mol. The van der Waals surface area contributed by atoms with E-state index in [1.54, 1.807) is 37.4 Å². The van der Waals surface area contributed by atoms with E-state index in [1.165, 1.54) is 23.1 Å². The number of pyridine rings is 1. The highest BCUT2D eigenvalue weighted by Crippen LogP contribution is 2.35. The number of carbonyl (C=O) groups excluding carboxylic acids is 2. The van der Waals surface area contributed by atoms with E-state index in [4.69, 9.17) is 28.9 Å². The molecule has 0 fully saturated rings. The molecule has 10 nitrogen and oxygen atoms in total. The van der Waals surface area contributed by atoms with Crippen LogP contribution in [0, 0.1) is 0 Å². The van der Waals surface area contributed by atoms with Gasteiger partial charge in [-0.15, -0.1) is 0 Å². The molecule has 0 aliphatic carbocycles. The van der Waals surface area contributed by atoms with Gasteiger partial charge in [-0.1, -0.05) is 41.4 Å². The fourth-order valence-electron chi connectivity index (χ4n) is 3.83. The topological polar surface area (TPSA) is 144 Å². The lowest BCUT2D eigenvalue weighted by molar-refractivity contribution is 0.1000. The molecule has 4 N–H and O–H groups in total. The number of aromatic nitrogens is 3. The van der Waals surface area contributed by atoms with Crippen molar-refractivity contribution in [3.8, 4) is 0 Å². The third-order valence-electron chi connectivity index (χ3n) is 5.65. The molecule has 36 heavy (non-hydrogen) atoms. The minimum absolute atomic E-state index is 0.0194. The fourth-order valence-corrected chi connectivity index (χ4v) is 4.29. The van der Waals surface area contributed by atoms with Gasteiger partial charge in [-0.05, 0) is 36.8 Å². The summed E-state index contributed by atoms with van der Waals surface area (Å²) in [6.07, 6.45) is 7.96. The lowest BCUT2D eigenvalue weighted by Gasteiger charge is -2.31. The van der Waals surface area contributed by atoms with E-state index in [9.17, 15) is 14.4 Å². The van der Waals surface area contributed by atoms with Crippen LogP contribution in [0.5, 0.6) is 0 Å². The number of anilines is 2. The fraction of sp³-hybridized carbons (Fsp3) is 0.167. The van der Waals surface area contributed by atoms with Gasteiger partial charge in [-0.2, -0.15) is 5.10 Å². The number of nitrogens with one attached hydrogen (secondary N) is 2. The molecule has 4 rings (SSSR count). The molecule has 3 aromatic rings. The van der Waals surface area contributed by atoms with Crippen LogP contribution in [0.15, 0.2) is 64.7 Å². The molecule has 3 amide bonds. The number of primary amides is 1. The number of dihydropyridines is 1. The summed E-state index contributed by atoms with van der Waals surface area (Å²) in [7, 11) is 0. The van der Waals surface area contributed by atoms with Crippen molar-refractivity contribution in [1.29, 1.82) is 0 Å². The van der Waals surface area contributed by atoms with Crippen LogP contribution in [-0.2, 0) is 12.0 Å². The quantitative estimate of drug-likeness (QED) is 0.449. The van der Waals surface area contributed by atoms with Crippen molar-refractivity contribution in [2.45, 2.75) is 18.9 Å². The molecule has 2 aromatic heterocycles. The number of benzene rings is 1. The molecule has 1 aliphatic rings. The molecule has 0 radical (unpaired) electrons. The van der Waals surface area contributed by atoms with Gasteiger partial charge >= 0.3 is 6.03 Å². The number of aryl methyl sites for hydroxylation is 1. The van der Waals surface area contributed by atoms with E-state index < -0.39 is 22.9 Å². The Bertz CT molecular complexity index is 1450. The van der Waals surface area contributed by atoms with Gasteiger partial charge in [0.2, 0.25) is 5.91 Å². The molecule has 184 valence electrons. The molecule has 0 saturated heterocycles. The molecule has 3 heterocycles. The number of nitrogens with two attached hydrogens (primary N) is 1. The van der Waals surface area contributed by atoms with Gasteiger partial charge in [0.15, 0.2) is 0 Å². The Labute approximate surface area is 215 Å². The zero-order valence-corrected chi connectivity index (χ0v) is 20.5. The maximum Gasteiger partial charge on any atom is 0.323 e. The number of aliphatic imine (C=N–C) groups is 1. The summed E-state index contributed by atoms with van der Waals surface area (Å²) in [5.74, 6) is -0.575. The largest absolute Gasteiger partial charge is 0.366 e. The van der Waals surface area contributed by atoms with Crippen LogP contribution >= 0.6 is 23.2 Å². The zero-order valence-electron chi connectivity index (χ0n) is 19.0. The van der Waals surface area contributed by atoms with Crippen molar-refractivity contribution in [2.24, 2.45) is 10.7 Å². The summed E-state index contributed by atoms with van der Waals surface area (Å²) >= 11 is 12.2. The lowest BCUT2D eigenvalue weighted by Crippen LogP contribution is -2.37. The first-order valence-corrected chi connectivity index (χ1v) is 11.6. The van der Waals surface area contributed by atoms with E-state index in [0.717, 1.165) is 0 Å². The van der Waals surface area contributed by atoms with Gasteiger partial charge in [0.1, 0.15) is 5.69 Å². The molecular formula is C24H21Cl2N7O3. The first-order chi connectivity index (χ1) is 17.2. The maximum atomic E-state index is 13.0. The van der Waals surface area contributed by atoms with Crippen molar-refractivity contribution in [3.05, 3.63) is 92.1 Å². The average Bonchev–Trinajstić information content (AvgIpc) is 2.88. The first kappa shape index (κ1) is 25.1. The molecule has 0 bridgehead atoms. The summed E-state index contributed by atoms with van der Waals surface area (Å²) in [5.41, 5.74) is 5.66. The first-order valence-electron chi connectivity index (χ1n) is 10.8. The highest BCUT2D eigenvalue weighted by molar-refractivity contribution is 6.39. The highest BCUT2D eigenvalue weighted by atomic mass is 35.5. The van der Waals surface area contributed by atoms with Crippen molar-refractivity contribution >= 4 is 52.7 Å². The smallest absolute Gasteiger partial charge is 0.323 e. The number of amides is 3. The molecule has 1 aliphatic heterocycles. The van der Waals surface area contributed by atoms with Gasteiger partial charge in [0.25, 0.3) is 5.56 Å². The number of urea groups is 1. The summed E-state index contributed by atoms with van der Waals surface area (Å²) < 4.78 is 1.24. The van der Waals surface area contributed by atoms with Crippen LogP contribution < -0.4 is 21.9 Å². The number of rotatable bonds is 6. The van der Waals surface area contributed by atoms with Crippen LogP contribution in [0.3, 0.4) is 0 Å².